The van der Waals surface area contributed by atoms with E-state index in [2.05, 4.69) is 163 Å². The molecule has 0 amide bonds. The minimum absolute atomic E-state index is 1.17. The van der Waals surface area contributed by atoms with Crippen molar-refractivity contribution in [3.8, 4) is 33.4 Å². The van der Waals surface area contributed by atoms with E-state index in [1.54, 1.807) is 0 Å². The summed E-state index contributed by atoms with van der Waals surface area (Å²) in [5, 5.41) is 10.1. The van der Waals surface area contributed by atoms with Crippen LogP contribution in [-0.4, -0.2) is 4.98 Å². The van der Waals surface area contributed by atoms with E-state index >= 15 is 0 Å². The van der Waals surface area contributed by atoms with E-state index in [-0.39, 0.29) is 0 Å². The zero-order valence-electron chi connectivity index (χ0n) is 23.5. The fraction of sp³-hybridized carbons (Fsp3) is 0. The number of para-hydroxylation sites is 2. The third-order valence-corrected chi connectivity index (χ3v) is 9.01. The third-order valence-electron chi connectivity index (χ3n) is 9.01. The second-order valence-electron chi connectivity index (χ2n) is 11.4. The fourth-order valence-corrected chi connectivity index (χ4v) is 7.03. The highest BCUT2D eigenvalue weighted by Gasteiger charge is 2.17. The molecule has 0 saturated carbocycles. The van der Waals surface area contributed by atoms with Crippen LogP contribution in [0.3, 0.4) is 0 Å². The Morgan fingerprint density at radius 1 is 0.326 bits per heavy atom. The summed E-state index contributed by atoms with van der Waals surface area (Å²) in [6, 6.07) is 57.5. The van der Waals surface area contributed by atoms with Gasteiger partial charge in [0.15, 0.2) is 0 Å². The Morgan fingerprint density at radius 2 is 0.930 bits per heavy atom. The average molecular weight is 546 g/mol. The van der Waals surface area contributed by atoms with E-state index in [0.717, 1.165) is 0 Å². The monoisotopic (exact) mass is 545 g/mol. The normalized spacial score (nSPS) is 11.7. The molecule has 9 rings (SSSR count). The average Bonchev–Trinajstić information content (AvgIpc) is 3.46. The molecule has 1 N–H and O–H groups in total. The molecule has 1 heterocycles. The summed E-state index contributed by atoms with van der Waals surface area (Å²) >= 11 is 0. The lowest BCUT2D eigenvalue weighted by molar-refractivity contribution is 1.54. The van der Waals surface area contributed by atoms with Crippen molar-refractivity contribution in [2.45, 2.75) is 0 Å². The molecule has 0 aliphatic rings. The first-order chi connectivity index (χ1) is 21.3. The lowest BCUT2D eigenvalue weighted by atomic mass is 9.85. The number of benzene rings is 8. The van der Waals surface area contributed by atoms with E-state index in [4.69, 9.17) is 0 Å². The second-order valence-corrected chi connectivity index (χ2v) is 11.4. The first-order valence-corrected chi connectivity index (χ1v) is 14.9. The summed E-state index contributed by atoms with van der Waals surface area (Å²) in [7, 11) is 0. The molecule has 0 atom stereocenters. The Bertz CT molecular complexity index is 2510. The van der Waals surface area contributed by atoms with E-state index < -0.39 is 0 Å². The summed E-state index contributed by atoms with van der Waals surface area (Å²) in [4.78, 5) is 3.69. The van der Waals surface area contributed by atoms with Gasteiger partial charge in [-0.3, -0.25) is 0 Å². The van der Waals surface area contributed by atoms with Crippen LogP contribution in [0.15, 0.2) is 158 Å². The second kappa shape index (κ2) is 9.44. The number of hydrogen-bond donors (Lipinski definition) is 1. The van der Waals surface area contributed by atoms with Gasteiger partial charge in [0.1, 0.15) is 0 Å². The van der Waals surface area contributed by atoms with Crippen LogP contribution in [0.1, 0.15) is 0 Å². The topological polar surface area (TPSA) is 15.8 Å². The molecule has 0 aliphatic carbocycles. The third kappa shape index (κ3) is 3.72. The number of aromatic nitrogens is 1. The Kier molecular flexibility index (Phi) is 5.27. The predicted molar refractivity (Wildman–Crippen MR) is 185 cm³/mol. The van der Waals surface area contributed by atoms with Gasteiger partial charge in [0.05, 0.1) is 5.52 Å². The van der Waals surface area contributed by atoms with Crippen LogP contribution in [0.5, 0.6) is 0 Å². The molecule has 1 aromatic heterocycles. The lowest BCUT2D eigenvalue weighted by Gasteiger charge is -2.18. The van der Waals surface area contributed by atoms with E-state index in [1.165, 1.54) is 87.5 Å². The molecule has 0 unspecified atom stereocenters. The number of aromatic amines is 1. The Hall–Kier alpha value is -5.66. The fourth-order valence-electron chi connectivity index (χ4n) is 7.03. The maximum atomic E-state index is 3.69. The first-order valence-electron chi connectivity index (χ1n) is 14.9. The van der Waals surface area contributed by atoms with Gasteiger partial charge >= 0.3 is 0 Å². The zero-order valence-corrected chi connectivity index (χ0v) is 23.5. The van der Waals surface area contributed by atoms with E-state index in [1.807, 2.05) is 0 Å². The van der Waals surface area contributed by atoms with Gasteiger partial charge in [-0.1, -0.05) is 146 Å². The zero-order chi connectivity index (χ0) is 28.3. The molecule has 200 valence electrons. The number of fused-ring (bicyclic) bond motifs is 6. The van der Waals surface area contributed by atoms with Crippen molar-refractivity contribution in [1.82, 2.24) is 4.98 Å². The highest BCUT2D eigenvalue weighted by atomic mass is 14.7. The molecule has 0 radical (unpaired) electrons. The maximum Gasteiger partial charge on any atom is 0.0544 e. The molecular formula is C42H27N. The number of nitrogens with one attached hydrogen (secondary N) is 1. The van der Waals surface area contributed by atoms with Gasteiger partial charge in [0, 0.05) is 21.9 Å². The standard InChI is InChI=1S/C42H27N/c1-3-14-31-27(10-1)12-7-18-35(31)38-25-22-28-11-2-4-15-33(28)41(38)37-19-8-13-29-26-30(23-24-32(29)37)34-17-9-20-39-36-16-5-6-21-40(36)43-42(34)39/h1-26,43H. The van der Waals surface area contributed by atoms with Crippen molar-refractivity contribution in [1.29, 1.82) is 0 Å². The van der Waals surface area contributed by atoms with Gasteiger partial charge < -0.3 is 4.98 Å². The smallest absolute Gasteiger partial charge is 0.0544 e. The van der Waals surface area contributed by atoms with Crippen LogP contribution in [0, 0.1) is 0 Å². The minimum atomic E-state index is 1.17. The molecule has 0 spiro atoms. The van der Waals surface area contributed by atoms with Crippen LogP contribution in [0.2, 0.25) is 0 Å². The molecular weight excluding hydrogens is 518 g/mol. The van der Waals surface area contributed by atoms with Crippen LogP contribution in [0.4, 0.5) is 0 Å². The summed E-state index contributed by atoms with van der Waals surface area (Å²) in [6.07, 6.45) is 0. The van der Waals surface area contributed by atoms with Crippen LogP contribution >= 0.6 is 0 Å². The lowest BCUT2D eigenvalue weighted by Crippen LogP contribution is -1.91. The number of H-pyrrole nitrogens is 1. The summed E-state index contributed by atoms with van der Waals surface area (Å²) in [5.74, 6) is 0. The van der Waals surface area contributed by atoms with Crippen molar-refractivity contribution >= 4 is 54.1 Å². The van der Waals surface area contributed by atoms with Crippen LogP contribution in [0.25, 0.3) is 87.5 Å². The SMILES string of the molecule is c1ccc2c(-c3ccc4ccccc4c3-c3cccc4cc(-c5cccc6c5[nH]c5ccccc56)ccc34)cccc2c1. The van der Waals surface area contributed by atoms with Gasteiger partial charge in [-0.25, -0.2) is 0 Å². The summed E-state index contributed by atoms with van der Waals surface area (Å²) in [6.45, 7) is 0. The highest BCUT2D eigenvalue weighted by Crippen LogP contribution is 2.44. The Morgan fingerprint density at radius 3 is 1.81 bits per heavy atom. The van der Waals surface area contributed by atoms with Gasteiger partial charge in [-0.05, 0) is 72.3 Å². The molecule has 0 aliphatic heterocycles. The van der Waals surface area contributed by atoms with Crippen molar-refractivity contribution in [3.63, 3.8) is 0 Å². The Balaban J connectivity index is 1.30. The molecule has 1 heteroatoms. The molecule has 0 bridgehead atoms. The van der Waals surface area contributed by atoms with Gasteiger partial charge in [0.2, 0.25) is 0 Å². The molecule has 43 heavy (non-hydrogen) atoms. The van der Waals surface area contributed by atoms with Crippen LogP contribution < -0.4 is 0 Å². The van der Waals surface area contributed by atoms with E-state index in [9.17, 15) is 0 Å². The number of rotatable bonds is 3. The predicted octanol–water partition coefficient (Wildman–Crippen LogP) is 11.8. The maximum absolute atomic E-state index is 3.69. The van der Waals surface area contributed by atoms with Gasteiger partial charge in [-0.15, -0.1) is 0 Å². The van der Waals surface area contributed by atoms with E-state index in [0.29, 0.717) is 0 Å². The van der Waals surface area contributed by atoms with Crippen molar-refractivity contribution in [3.05, 3.63) is 158 Å². The summed E-state index contributed by atoms with van der Waals surface area (Å²) < 4.78 is 0. The minimum Gasteiger partial charge on any atom is -0.354 e. The highest BCUT2D eigenvalue weighted by molar-refractivity contribution is 6.15. The molecule has 0 fully saturated rings. The molecule has 0 saturated heterocycles. The molecule has 9 aromatic rings. The first kappa shape index (κ1) is 24.0. The van der Waals surface area contributed by atoms with Crippen molar-refractivity contribution in [2.24, 2.45) is 0 Å². The summed E-state index contributed by atoms with van der Waals surface area (Å²) in [5.41, 5.74) is 9.86. The van der Waals surface area contributed by atoms with Gasteiger partial charge in [-0.2, -0.15) is 0 Å². The molecule has 8 aromatic carbocycles. The van der Waals surface area contributed by atoms with Crippen molar-refractivity contribution in [2.75, 3.05) is 0 Å². The Labute approximate surface area is 249 Å². The molecule has 1 nitrogen and oxygen atoms in total. The number of hydrogen-bond acceptors (Lipinski definition) is 0. The largest absolute Gasteiger partial charge is 0.354 e. The van der Waals surface area contributed by atoms with Gasteiger partial charge in [0.25, 0.3) is 0 Å². The quantitative estimate of drug-likeness (QED) is 0.227. The van der Waals surface area contributed by atoms with Crippen molar-refractivity contribution < 1.29 is 0 Å². The van der Waals surface area contributed by atoms with Crippen LogP contribution in [-0.2, 0) is 0 Å².